The Morgan fingerprint density at radius 3 is 2.68 bits per heavy atom. The second kappa shape index (κ2) is 5.05. The van der Waals surface area contributed by atoms with Crippen molar-refractivity contribution < 1.29 is 9.32 Å². The second-order valence-electron chi connectivity index (χ2n) is 4.46. The summed E-state index contributed by atoms with van der Waals surface area (Å²) in [6, 6.07) is 1.79. The fourth-order valence-electron chi connectivity index (χ4n) is 1.87. The van der Waals surface area contributed by atoms with Crippen molar-refractivity contribution in [1.82, 2.24) is 19.8 Å². The smallest absolute Gasteiger partial charge is 0.258 e. The normalized spacial score (nSPS) is 10.8. The molecule has 1 amide bonds. The lowest BCUT2D eigenvalue weighted by atomic mass is 10.2. The van der Waals surface area contributed by atoms with Gasteiger partial charge in [-0.3, -0.25) is 9.48 Å². The molecule has 6 nitrogen and oxygen atoms in total. The number of hydrogen-bond acceptors (Lipinski definition) is 4. The van der Waals surface area contributed by atoms with Crippen LogP contribution in [0.3, 0.4) is 0 Å². The lowest BCUT2D eigenvalue weighted by molar-refractivity contribution is 0.0781. The van der Waals surface area contributed by atoms with Crippen LogP contribution in [0.5, 0.6) is 0 Å². The van der Waals surface area contributed by atoms with Gasteiger partial charge in [-0.05, 0) is 13.8 Å². The first-order chi connectivity index (χ1) is 8.90. The highest BCUT2D eigenvalue weighted by Gasteiger charge is 2.22. The summed E-state index contributed by atoms with van der Waals surface area (Å²) >= 11 is 6.08. The minimum absolute atomic E-state index is 0.184. The van der Waals surface area contributed by atoms with Gasteiger partial charge in [-0.15, -0.1) is 0 Å². The molecule has 0 spiro atoms. The molecule has 0 radical (unpaired) electrons. The molecule has 2 aromatic heterocycles. The summed E-state index contributed by atoms with van der Waals surface area (Å²) in [6.07, 6.45) is 0. The lowest BCUT2D eigenvalue weighted by Crippen LogP contribution is -2.27. The molecule has 2 aromatic rings. The topological polar surface area (TPSA) is 64.2 Å². The van der Waals surface area contributed by atoms with Gasteiger partial charge in [0.25, 0.3) is 5.91 Å². The van der Waals surface area contributed by atoms with Crippen LogP contribution in [0.15, 0.2) is 10.6 Å². The standard InChI is InChI=1S/C12H15ClN4O2/c1-7-5-9(15-19-7)6-16(3)12(18)10-8(2)14-17(4)11(10)13/h5H,6H2,1-4H3. The molecular formula is C12H15ClN4O2. The first-order valence-corrected chi connectivity index (χ1v) is 6.14. The Kier molecular flexibility index (Phi) is 3.61. The Morgan fingerprint density at radius 1 is 1.53 bits per heavy atom. The van der Waals surface area contributed by atoms with E-state index in [4.69, 9.17) is 16.1 Å². The number of rotatable bonds is 3. The zero-order valence-electron chi connectivity index (χ0n) is 11.3. The number of aryl methyl sites for hydroxylation is 3. The predicted molar refractivity (Wildman–Crippen MR) is 70.0 cm³/mol. The van der Waals surface area contributed by atoms with Crippen LogP contribution in [-0.4, -0.2) is 32.8 Å². The minimum Gasteiger partial charge on any atom is -0.361 e. The van der Waals surface area contributed by atoms with Crippen LogP contribution < -0.4 is 0 Å². The van der Waals surface area contributed by atoms with Crippen molar-refractivity contribution in [2.75, 3.05) is 7.05 Å². The monoisotopic (exact) mass is 282 g/mol. The largest absolute Gasteiger partial charge is 0.361 e. The van der Waals surface area contributed by atoms with E-state index < -0.39 is 0 Å². The molecule has 19 heavy (non-hydrogen) atoms. The van der Waals surface area contributed by atoms with Crippen molar-refractivity contribution in [2.45, 2.75) is 20.4 Å². The highest BCUT2D eigenvalue weighted by Crippen LogP contribution is 2.20. The number of aromatic nitrogens is 3. The molecule has 2 heterocycles. The van der Waals surface area contributed by atoms with Crippen LogP contribution >= 0.6 is 11.6 Å². The van der Waals surface area contributed by atoms with E-state index in [1.165, 1.54) is 9.58 Å². The zero-order valence-corrected chi connectivity index (χ0v) is 12.0. The number of nitrogens with zero attached hydrogens (tertiary/aromatic N) is 4. The summed E-state index contributed by atoms with van der Waals surface area (Å²) in [4.78, 5) is 13.9. The summed E-state index contributed by atoms with van der Waals surface area (Å²) in [6.45, 7) is 3.93. The van der Waals surface area contributed by atoms with Crippen LogP contribution in [0.4, 0.5) is 0 Å². The lowest BCUT2D eigenvalue weighted by Gasteiger charge is -2.15. The van der Waals surface area contributed by atoms with E-state index in [9.17, 15) is 4.79 Å². The van der Waals surface area contributed by atoms with E-state index in [0.717, 1.165) is 0 Å². The third kappa shape index (κ3) is 2.63. The van der Waals surface area contributed by atoms with Gasteiger partial charge in [-0.1, -0.05) is 16.8 Å². The molecule has 0 aliphatic carbocycles. The summed E-state index contributed by atoms with van der Waals surface area (Å²) in [7, 11) is 3.39. The van der Waals surface area contributed by atoms with Gasteiger partial charge in [-0.25, -0.2) is 0 Å². The highest BCUT2D eigenvalue weighted by atomic mass is 35.5. The molecule has 0 aliphatic heterocycles. The number of carbonyl (C=O) groups is 1. The van der Waals surface area contributed by atoms with Gasteiger partial charge in [0.1, 0.15) is 16.6 Å². The SMILES string of the molecule is Cc1cc(CN(C)C(=O)c2c(C)nn(C)c2Cl)no1. The van der Waals surface area contributed by atoms with Crippen molar-refractivity contribution in [2.24, 2.45) is 7.05 Å². The molecular weight excluding hydrogens is 268 g/mol. The highest BCUT2D eigenvalue weighted by molar-refractivity contribution is 6.33. The predicted octanol–water partition coefficient (Wildman–Crippen LogP) is 1.95. The van der Waals surface area contributed by atoms with Crippen molar-refractivity contribution in [3.05, 3.63) is 33.9 Å². The Hall–Kier alpha value is -1.82. The zero-order chi connectivity index (χ0) is 14.2. The summed E-state index contributed by atoms with van der Waals surface area (Å²) in [5.74, 6) is 0.530. The van der Waals surface area contributed by atoms with E-state index in [1.807, 2.05) is 0 Å². The molecule has 102 valence electrons. The third-order valence-corrected chi connectivity index (χ3v) is 3.22. The van der Waals surface area contributed by atoms with Gasteiger partial charge >= 0.3 is 0 Å². The Labute approximate surface area is 115 Å². The van der Waals surface area contributed by atoms with Crippen LogP contribution in [0, 0.1) is 13.8 Å². The van der Waals surface area contributed by atoms with Gasteiger partial charge in [0.15, 0.2) is 0 Å². The molecule has 0 fully saturated rings. The molecule has 0 saturated heterocycles. The van der Waals surface area contributed by atoms with E-state index >= 15 is 0 Å². The Bertz CT molecular complexity index is 617. The molecule has 2 rings (SSSR count). The Morgan fingerprint density at radius 2 is 2.21 bits per heavy atom. The third-order valence-electron chi connectivity index (χ3n) is 2.79. The average Bonchev–Trinajstić information content (AvgIpc) is 2.84. The summed E-state index contributed by atoms with van der Waals surface area (Å²) in [5, 5.41) is 8.33. The second-order valence-corrected chi connectivity index (χ2v) is 4.82. The van der Waals surface area contributed by atoms with Crippen molar-refractivity contribution in [3.63, 3.8) is 0 Å². The van der Waals surface area contributed by atoms with Crippen molar-refractivity contribution in [1.29, 1.82) is 0 Å². The molecule has 0 unspecified atom stereocenters. The maximum Gasteiger partial charge on any atom is 0.258 e. The van der Waals surface area contributed by atoms with Crippen molar-refractivity contribution >= 4 is 17.5 Å². The maximum absolute atomic E-state index is 12.3. The van der Waals surface area contributed by atoms with Gasteiger partial charge < -0.3 is 9.42 Å². The average molecular weight is 283 g/mol. The number of carbonyl (C=O) groups excluding carboxylic acids is 1. The van der Waals surface area contributed by atoms with Crippen molar-refractivity contribution in [3.8, 4) is 0 Å². The number of hydrogen-bond donors (Lipinski definition) is 0. The summed E-state index contributed by atoms with van der Waals surface area (Å²) in [5.41, 5.74) is 1.73. The molecule has 0 atom stereocenters. The first-order valence-electron chi connectivity index (χ1n) is 5.77. The first kappa shape index (κ1) is 13.6. The fourth-order valence-corrected chi connectivity index (χ4v) is 2.13. The molecule has 0 bridgehead atoms. The van der Waals surface area contributed by atoms with E-state index in [0.29, 0.717) is 34.4 Å². The fraction of sp³-hybridized carbons (Fsp3) is 0.417. The van der Waals surface area contributed by atoms with Crippen LogP contribution in [0.1, 0.15) is 27.5 Å². The van der Waals surface area contributed by atoms with Gasteiger partial charge in [0.2, 0.25) is 0 Å². The molecule has 0 aromatic carbocycles. The van der Waals surface area contributed by atoms with E-state index in [-0.39, 0.29) is 5.91 Å². The quantitative estimate of drug-likeness (QED) is 0.863. The van der Waals surface area contributed by atoms with Gasteiger partial charge in [-0.2, -0.15) is 5.10 Å². The number of halogens is 1. The van der Waals surface area contributed by atoms with Crippen LogP contribution in [0.25, 0.3) is 0 Å². The van der Waals surface area contributed by atoms with Gasteiger partial charge in [0, 0.05) is 20.2 Å². The summed E-state index contributed by atoms with van der Waals surface area (Å²) < 4.78 is 6.46. The van der Waals surface area contributed by atoms with Gasteiger partial charge in [0.05, 0.1) is 17.8 Å². The Balaban J connectivity index is 2.19. The van der Waals surface area contributed by atoms with E-state index in [2.05, 4.69) is 10.3 Å². The molecule has 0 saturated carbocycles. The molecule has 0 N–H and O–H groups in total. The molecule has 7 heteroatoms. The minimum atomic E-state index is -0.184. The number of amides is 1. The van der Waals surface area contributed by atoms with Crippen LogP contribution in [-0.2, 0) is 13.6 Å². The van der Waals surface area contributed by atoms with E-state index in [1.54, 1.807) is 34.0 Å². The molecule has 0 aliphatic rings. The maximum atomic E-state index is 12.3. The van der Waals surface area contributed by atoms with Crippen LogP contribution in [0.2, 0.25) is 5.15 Å².